The van der Waals surface area contributed by atoms with Gasteiger partial charge in [-0.15, -0.1) is 11.3 Å². The Morgan fingerprint density at radius 2 is 2.28 bits per heavy atom. The van der Waals surface area contributed by atoms with Crippen molar-refractivity contribution in [2.45, 2.75) is 32.2 Å². The van der Waals surface area contributed by atoms with Crippen molar-refractivity contribution < 1.29 is 0 Å². The second-order valence-electron chi connectivity index (χ2n) is 4.77. The molecule has 0 aliphatic heterocycles. The summed E-state index contributed by atoms with van der Waals surface area (Å²) >= 11 is 5.46. The molecule has 3 rings (SSSR count). The monoisotopic (exact) mass is 322 g/mol. The quantitative estimate of drug-likeness (QED) is 0.866. The molecule has 1 N–H and O–H groups in total. The number of anilines is 1. The van der Waals surface area contributed by atoms with Gasteiger partial charge in [0.2, 0.25) is 0 Å². The molecule has 1 aliphatic rings. The first-order valence-electron chi connectivity index (χ1n) is 6.18. The van der Waals surface area contributed by atoms with Crippen LogP contribution in [0.15, 0.2) is 28.3 Å². The Kier molecular flexibility index (Phi) is 3.39. The van der Waals surface area contributed by atoms with Crippen molar-refractivity contribution in [3.63, 3.8) is 0 Å². The Balaban J connectivity index is 1.86. The summed E-state index contributed by atoms with van der Waals surface area (Å²) in [5, 5.41) is 3.61. The van der Waals surface area contributed by atoms with Crippen LogP contribution in [0, 0.1) is 6.92 Å². The molecule has 18 heavy (non-hydrogen) atoms. The van der Waals surface area contributed by atoms with Gasteiger partial charge in [0, 0.05) is 17.3 Å². The molecule has 2 nitrogen and oxygen atoms in total. The predicted molar refractivity (Wildman–Crippen MR) is 80.3 cm³/mol. The van der Waals surface area contributed by atoms with Crippen molar-refractivity contribution in [2.75, 3.05) is 5.32 Å². The van der Waals surface area contributed by atoms with Crippen LogP contribution in [-0.4, -0.2) is 4.98 Å². The van der Waals surface area contributed by atoms with Crippen LogP contribution in [0.1, 0.15) is 34.9 Å². The fourth-order valence-electron chi connectivity index (χ4n) is 2.51. The van der Waals surface area contributed by atoms with Gasteiger partial charge in [-0.3, -0.25) is 4.98 Å². The zero-order valence-electron chi connectivity index (χ0n) is 10.2. The Morgan fingerprint density at radius 3 is 3.11 bits per heavy atom. The van der Waals surface area contributed by atoms with Crippen molar-refractivity contribution in [1.29, 1.82) is 0 Å². The number of hydrogen-bond donors (Lipinski definition) is 1. The van der Waals surface area contributed by atoms with Crippen molar-refractivity contribution in [3.05, 3.63) is 44.3 Å². The highest BCUT2D eigenvalue weighted by atomic mass is 79.9. The zero-order valence-corrected chi connectivity index (χ0v) is 12.6. The maximum Gasteiger partial charge on any atom is 0.0705 e. The molecule has 2 heterocycles. The number of pyridine rings is 1. The van der Waals surface area contributed by atoms with Gasteiger partial charge in [0.05, 0.1) is 15.5 Å². The Hall–Kier alpha value is -0.870. The number of aryl methyl sites for hydroxylation is 2. The van der Waals surface area contributed by atoms with E-state index in [9.17, 15) is 0 Å². The molecule has 1 atom stereocenters. The van der Waals surface area contributed by atoms with Crippen LogP contribution < -0.4 is 5.32 Å². The van der Waals surface area contributed by atoms with Gasteiger partial charge >= 0.3 is 0 Å². The molecular weight excluding hydrogens is 308 g/mol. The standard InChI is InChI=1S/C14H15BrN2S/c1-9-5-10(8-16-7-9)17-12-3-2-4-13-11(12)6-14(15)18-13/h5-8,12,17H,2-4H2,1H3. The Labute approximate surface area is 120 Å². The average Bonchev–Trinajstić information content (AvgIpc) is 2.71. The Morgan fingerprint density at radius 1 is 1.39 bits per heavy atom. The van der Waals surface area contributed by atoms with Gasteiger partial charge in [-0.1, -0.05) is 0 Å². The van der Waals surface area contributed by atoms with E-state index < -0.39 is 0 Å². The highest BCUT2D eigenvalue weighted by molar-refractivity contribution is 9.11. The van der Waals surface area contributed by atoms with Gasteiger partial charge in [0.15, 0.2) is 0 Å². The molecule has 0 spiro atoms. The number of fused-ring (bicyclic) bond motifs is 1. The van der Waals surface area contributed by atoms with Gasteiger partial charge in [-0.25, -0.2) is 0 Å². The minimum atomic E-state index is 0.430. The average molecular weight is 323 g/mol. The zero-order chi connectivity index (χ0) is 12.5. The summed E-state index contributed by atoms with van der Waals surface area (Å²) in [4.78, 5) is 5.76. The van der Waals surface area contributed by atoms with Crippen LogP contribution in [0.5, 0.6) is 0 Å². The molecular formula is C14H15BrN2S. The van der Waals surface area contributed by atoms with Crippen LogP contribution in [0.2, 0.25) is 0 Å². The summed E-state index contributed by atoms with van der Waals surface area (Å²) in [5.74, 6) is 0. The van der Waals surface area contributed by atoms with Crippen LogP contribution >= 0.6 is 27.3 Å². The molecule has 0 aromatic carbocycles. The van der Waals surface area contributed by atoms with Crippen molar-refractivity contribution in [2.24, 2.45) is 0 Å². The molecule has 2 aromatic rings. The van der Waals surface area contributed by atoms with Crippen molar-refractivity contribution in [1.82, 2.24) is 4.98 Å². The van der Waals surface area contributed by atoms with Crippen LogP contribution in [0.3, 0.4) is 0 Å². The lowest BCUT2D eigenvalue weighted by molar-refractivity contribution is 0.608. The third-order valence-electron chi connectivity index (χ3n) is 3.30. The summed E-state index contributed by atoms with van der Waals surface area (Å²) in [6.07, 6.45) is 7.47. The van der Waals surface area contributed by atoms with Crippen molar-refractivity contribution >= 4 is 33.0 Å². The number of nitrogens with zero attached hydrogens (tertiary/aromatic N) is 1. The summed E-state index contributed by atoms with van der Waals surface area (Å²) in [6, 6.07) is 4.85. The molecule has 0 bridgehead atoms. The second kappa shape index (κ2) is 5.02. The molecule has 0 saturated heterocycles. The molecule has 0 radical (unpaired) electrons. The van der Waals surface area contributed by atoms with Gasteiger partial charge in [0.1, 0.15) is 0 Å². The molecule has 0 saturated carbocycles. The fraction of sp³-hybridized carbons (Fsp3) is 0.357. The lowest BCUT2D eigenvalue weighted by Gasteiger charge is -2.24. The maximum atomic E-state index is 4.24. The van der Waals surface area contributed by atoms with E-state index in [-0.39, 0.29) is 0 Å². The first kappa shape index (κ1) is 12.2. The lowest BCUT2D eigenvalue weighted by Crippen LogP contribution is -2.15. The maximum absolute atomic E-state index is 4.24. The van der Waals surface area contributed by atoms with Gasteiger partial charge in [-0.2, -0.15) is 0 Å². The number of rotatable bonds is 2. The summed E-state index contributed by atoms with van der Waals surface area (Å²) in [5.41, 5.74) is 3.78. The number of halogens is 1. The molecule has 0 fully saturated rings. The second-order valence-corrected chi connectivity index (χ2v) is 7.29. The van der Waals surface area contributed by atoms with Gasteiger partial charge in [-0.05, 0) is 65.4 Å². The first-order chi connectivity index (χ1) is 8.72. The highest BCUT2D eigenvalue weighted by Gasteiger charge is 2.22. The van der Waals surface area contributed by atoms with E-state index >= 15 is 0 Å². The predicted octanol–water partition coefficient (Wildman–Crippen LogP) is 4.70. The topological polar surface area (TPSA) is 24.9 Å². The third-order valence-corrected chi connectivity index (χ3v) is 5.01. The van der Waals surface area contributed by atoms with E-state index in [0.29, 0.717) is 6.04 Å². The molecule has 94 valence electrons. The smallest absolute Gasteiger partial charge is 0.0705 e. The van der Waals surface area contributed by atoms with Crippen LogP contribution in [0.4, 0.5) is 5.69 Å². The lowest BCUT2D eigenvalue weighted by atomic mass is 9.94. The van der Waals surface area contributed by atoms with Crippen LogP contribution in [0.25, 0.3) is 0 Å². The summed E-state index contributed by atoms with van der Waals surface area (Å²) in [6.45, 7) is 2.08. The first-order valence-corrected chi connectivity index (χ1v) is 7.79. The van der Waals surface area contributed by atoms with Crippen molar-refractivity contribution in [3.8, 4) is 0 Å². The molecule has 1 aliphatic carbocycles. The van der Waals surface area contributed by atoms with Crippen LogP contribution in [-0.2, 0) is 6.42 Å². The summed E-state index contributed by atoms with van der Waals surface area (Å²) < 4.78 is 1.24. The normalized spacial score (nSPS) is 18.4. The SMILES string of the molecule is Cc1cncc(NC2CCCc3sc(Br)cc32)c1. The Bertz CT molecular complexity index is 565. The largest absolute Gasteiger partial charge is 0.377 e. The molecule has 2 aromatic heterocycles. The number of hydrogen-bond acceptors (Lipinski definition) is 3. The number of aromatic nitrogens is 1. The number of thiophene rings is 1. The van der Waals surface area contributed by atoms with E-state index in [1.54, 1.807) is 0 Å². The van der Waals surface area contributed by atoms with E-state index in [2.05, 4.69) is 45.3 Å². The van der Waals surface area contributed by atoms with Gasteiger partial charge in [0.25, 0.3) is 0 Å². The van der Waals surface area contributed by atoms with E-state index in [1.807, 2.05) is 23.7 Å². The molecule has 4 heteroatoms. The minimum Gasteiger partial charge on any atom is -0.377 e. The van der Waals surface area contributed by atoms with E-state index in [4.69, 9.17) is 0 Å². The third kappa shape index (κ3) is 2.45. The number of nitrogens with one attached hydrogen (secondary N) is 1. The van der Waals surface area contributed by atoms with Gasteiger partial charge < -0.3 is 5.32 Å². The molecule has 0 amide bonds. The minimum absolute atomic E-state index is 0.430. The van der Waals surface area contributed by atoms with E-state index in [0.717, 1.165) is 5.69 Å². The summed E-state index contributed by atoms with van der Waals surface area (Å²) in [7, 11) is 0. The molecule has 1 unspecified atom stereocenters. The van der Waals surface area contributed by atoms with E-state index in [1.165, 1.54) is 39.1 Å². The fourth-order valence-corrected chi connectivity index (χ4v) is 4.33. The highest BCUT2D eigenvalue weighted by Crippen LogP contribution is 2.39.